The van der Waals surface area contributed by atoms with Crippen LogP contribution in [-0.4, -0.2) is 46.8 Å². The summed E-state index contributed by atoms with van der Waals surface area (Å²) < 4.78 is 14.5. The second kappa shape index (κ2) is 7.72. The van der Waals surface area contributed by atoms with Crippen molar-refractivity contribution >= 4 is 40.5 Å². The first-order valence-corrected chi connectivity index (χ1v) is 8.46. The molecule has 0 saturated carbocycles. The Bertz CT molecular complexity index is 793. The zero-order valence-corrected chi connectivity index (χ0v) is 14.5. The van der Waals surface area contributed by atoms with E-state index in [-0.39, 0.29) is 17.9 Å². The number of nitro benzene ring substituents is 1. The summed E-state index contributed by atoms with van der Waals surface area (Å²) in [4.78, 5) is 24.9. The number of hydrogen-bond acceptors (Lipinski definition) is 9. The molecule has 1 aliphatic heterocycles. The monoisotopic (exact) mass is 384 g/mol. The number of anilines is 1. The number of non-ortho nitro benzene ring substituents is 1. The smallest absolute Gasteiger partial charge is 0.340 e. The van der Waals surface area contributed by atoms with Gasteiger partial charge in [-0.2, -0.15) is 0 Å². The van der Waals surface area contributed by atoms with E-state index < -0.39 is 10.9 Å². The molecule has 1 aromatic heterocycles. The third kappa shape index (κ3) is 4.03. The van der Waals surface area contributed by atoms with Gasteiger partial charge < -0.3 is 14.4 Å². The summed E-state index contributed by atoms with van der Waals surface area (Å²) in [6.07, 6.45) is 0. The van der Waals surface area contributed by atoms with Crippen molar-refractivity contribution in [2.75, 3.05) is 31.2 Å². The number of hydrogen-bond donors (Lipinski definition) is 0. The summed E-state index contributed by atoms with van der Waals surface area (Å²) in [6.45, 7) is 2.05. The van der Waals surface area contributed by atoms with Crippen molar-refractivity contribution < 1.29 is 19.2 Å². The molecule has 0 bridgehead atoms. The molecule has 11 heteroatoms. The summed E-state index contributed by atoms with van der Waals surface area (Å²) >= 11 is 6.87. The maximum Gasteiger partial charge on any atom is 0.340 e. The molecule has 0 aliphatic carbocycles. The molecule has 0 spiro atoms. The number of carbonyl (C=O) groups excluding carboxylic acids is 1. The van der Waals surface area contributed by atoms with Gasteiger partial charge in [0.1, 0.15) is 16.6 Å². The first-order valence-electron chi connectivity index (χ1n) is 7.31. The summed E-state index contributed by atoms with van der Waals surface area (Å²) in [5.41, 5.74) is 0.854. The second-order valence-corrected chi connectivity index (χ2v) is 6.48. The van der Waals surface area contributed by atoms with Crippen molar-refractivity contribution in [3.63, 3.8) is 0 Å². The van der Waals surface area contributed by atoms with Crippen LogP contribution in [0.2, 0.25) is 4.34 Å². The molecule has 1 saturated heterocycles. The van der Waals surface area contributed by atoms with Crippen LogP contribution in [0, 0.1) is 10.1 Å². The minimum Gasteiger partial charge on any atom is -0.455 e. The molecule has 0 atom stereocenters. The largest absolute Gasteiger partial charge is 0.455 e. The van der Waals surface area contributed by atoms with E-state index in [1.54, 1.807) is 6.07 Å². The Balaban J connectivity index is 1.85. The number of carbonyl (C=O) groups is 1. The first-order chi connectivity index (χ1) is 12.1. The third-order valence-corrected chi connectivity index (χ3v) is 4.60. The molecule has 2 heterocycles. The first kappa shape index (κ1) is 17.5. The van der Waals surface area contributed by atoms with Gasteiger partial charge in [0.25, 0.3) is 5.69 Å². The fraction of sp³-hybridized carbons (Fsp3) is 0.357. The van der Waals surface area contributed by atoms with E-state index in [1.807, 2.05) is 4.90 Å². The molecule has 2 aromatic rings. The van der Waals surface area contributed by atoms with Gasteiger partial charge >= 0.3 is 5.97 Å². The Hall–Kier alpha value is -2.30. The normalized spacial score (nSPS) is 14.4. The lowest BCUT2D eigenvalue weighted by Crippen LogP contribution is -2.37. The van der Waals surface area contributed by atoms with Crippen LogP contribution in [0.25, 0.3) is 0 Å². The molecule has 0 amide bonds. The molecule has 132 valence electrons. The number of nitrogens with zero attached hydrogens (tertiary/aromatic N) is 4. The van der Waals surface area contributed by atoms with Crippen molar-refractivity contribution in [1.29, 1.82) is 0 Å². The van der Waals surface area contributed by atoms with Crippen LogP contribution in [0.15, 0.2) is 18.2 Å². The molecule has 1 fully saturated rings. The molecule has 0 unspecified atom stereocenters. The van der Waals surface area contributed by atoms with E-state index >= 15 is 0 Å². The maximum absolute atomic E-state index is 12.5. The standard InChI is InChI=1S/C14H13ClN4O5S/c15-13-11(16-17-25-13)8-24-14(20)10-7-9(19(21)22)1-2-12(10)18-3-5-23-6-4-18/h1-2,7H,3-6,8H2. The fourth-order valence-electron chi connectivity index (χ4n) is 2.38. The van der Waals surface area contributed by atoms with Crippen molar-refractivity contribution in [3.8, 4) is 0 Å². The number of benzene rings is 1. The van der Waals surface area contributed by atoms with Crippen molar-refractivity contribution in [3.05, 3.63) is 43.9 Å². The van der Waals surface area contributed by atoms with Crippen LogP contribution in [0.1, 0.15) is 16.1 Å². The quantitative estimate of drug-likeness (QED) is 0.439. The number of aromatic nitrogens is 2. The van der Waals surface area contributed by atoms with E-state index in [2.05, 4.69) is 9.59 Å². The van der Waals surface area contributed by atoms with E-state index in [0.717, 1.165) is 11.5 Å². The van der Waals surface area contributed by atoms with Crippen molar-refractivity contribution in [1.82, 2.24) is 9.59 Å². The molecule has 25 heavy (non-hydrogen) atoms. The fourth-order valence-corrected chi connectivity index (χ4v) is 2.98. The molecular formula is C14H13ClN4O5S. The van der Waals surface area contributed by atoms with Crippen molar-refractivity contribution in [2.24, 2.45) is 0 Å². The van der Waals surface area contributed by atoms with Crippen LogP contribution in [0.3, 0.4) is 0 Å². The van der Waals surface area contributed by atoms with Gasteiger partial charge in [0.05, 0.1) is 29.4 Å². The van der Waals surface area contributed by atoms with Gasteiger partial charge in [-0.3, -0.25) is 10.1 Å². The lowest BCUT2D eigenvalue weighted by molar-refractivity contribution is -0.384. The number of nitro groups is 1. The zero-order chi connectivity index (χ0) is 17.8. The summed E-state index contributed by atoms with van der Waals surface area (Å²) in [5.74, 6) is -0.686. The summed E-state index contributed by atoms with van der Waals surface area (Å²) in [7, 11) is 0. The predicted molar refractivity (Wildman–Crippen MR) is 90.2 cm³/mol. The Morgan fingerprint density at radius 1 is 1.44 bits per heavy atom. The molecule has 0 N–H and O–H groups in total. The second-order valence-electron chi connectivity index (χ2n) is 5.13. The van der Waals surface area contributed by atoms with Crippen molar-refractivity contribution in [2.45, 2.75) is 6.61 Å². The minimum atomic E-state index is -0.686. The zero-order valence-electron chi connectivity index (χ0n) is 12.9. The van der Waals surface area contributed by atoms with E-state index in [9.17, 15) is 14.9 Å². The molecule has 1 aliphatic rings. The number of halogens is 1. The average molecular weight is 385 g/mol. The lowest BCUT2D eigenvalue weighted by Gasteiger charge is -2.30. The van der Waals surface area contributed by atoms with Gasteiger partial charge in [-0.1, -0.05) is 16.1 Å². The Kier molecular flexibility index (Phi) is 5.41. The van der Waals surface area contributed by atoms with E-state index in [4.69, 9.17) is 21.1 Å². The van der Waals surface area contributed by atoms with E-state index in [0.29, 0.717) is 42.0 Å². The highest BCUT2D eigenvalue weighted by molar-refractivity contribution is 7.10. The highest BCUT2D eigenvalue weighted by Crippen LogP contribution is 2.28. The number of rotatable bonds is 5. The topological polar surface area (TPSA) is 108 Å². The van der Waals surface area contributed by atoms with Gasteiger partial charge in [0.15, 0.2) is 0 Å². The van der Waals surface area contributed by atoms with E-state index in [1.165, 1.54) is 12.1 Å². The number of ether oxygens (including phenoxy) is 2. The molecule has 3 rings (SSSR count). The van der Waals surface area contributed by atoms with Gasteiger partial charge in [-0.25, -0.2) is 4.79 Å². The lowest BCUT2D eigenvalue weighted by atomic mass is 10.1. The van der Waals surface area contributed by atoms with Gasteiger partial charge in [-0.05, 0) is 6.07 Å². The maximum atomic E-state index is 12.5. The van der Waals surface area contributed by atoms with Gasteiger partial charge in [0, 0.05) is 36.8 Å². The molecule has 9 nitrogen and oxygen atoms in total. The molecule has 0 radical (unpaired) electrons. The number of esters is 1. The predicted octanol–water partition coefficient (Wildman–Crippen LogP) is 2.29. The van der Waals surface area contributed by atoms with Crippen LogP contribution >= 0.6 is 23.1 Å². The highest BCUT2D eigenvalue weighted by atomic mass is 35.5. The van der Waals surface area contributed by atoms with Crippen LogP contribution in [-0.2, 0) is 16.1 Å². The van der Waals surface area contributed by atoms with Gasteiger partial charge in [0.2, 0.25) is 0 Å². The molecule has 1 aromatic carbocycles. The molecular weight excluding hydrogens is 372 g/mol. The van der Waals surface area contributed by atoms with Crippen LogP contribution < -0.4 is 4.90 Å². The Labute approximate surface area is 151 Å². The Morgan fingerprint density at radius 2 is 2.20 bits per heavy atom. The van der Waals surface area contributed by atoms with Crippen LogP contribution in [0.5, 0.6) is 0 Å². The average Bonchev–Trinajstić information content (AvgIpc) is 3.04. The Morgan fingerprint density at radius 3 is 2.84 bits per heavy atom. The van der Waals surface area contributed by atoms with Gasteiger partial charge in [-0.15, -0.1) is 5.10 Å². The summed E-state index contributed by atoms with van der Waals surface area (Å²) in [5, 5.41) is 14.8. The minimum absolute atomic E-state index is 0.121. The van der Waals surface area contributed by atoms with Crippen LogP contribution in [0.4, 0.5) is 11.4 Å². The summed E-state index contributed by atoms with van der Waals surface area (Å²) in [6, 6.07) is 4.13. The third-order valence-electron chi connectivity index (χ3n) is 3.61. The SMILES string of the molecule is O=C(OCc1nnsc1Cl)c1cc([N+](=O)[O-])ccc1N1CCOCC1. The highest BCUT2D eigenvalue weighted by Gasteiger charge is 2.23. The number of morpholine rings is 1.